The average molecular weight is 562 g/mol. The van der Waals surface area contributed by atoms with Gasteiger partial charge in [0.05, 0.1) is 33.0 Å². The largest absolute Gasteiger partial charge is 0.510 e. The highest BCUT2D eigenvalue weighted by Gasteiger charge is 2.54. The molecule has 2 aliphatic carbocycles. The number of benzene rings is 1. The minimum absolute atomic E-state index is 0.120. The Balaban J connectivity index is 1.59. The highest BCUT2D eigenvalue weighted by Crippen LogP contribution is 2.47. The summed E-state index contributed by atoms with van der Waals surface area (Å²) in [4.78, 5) is 34.3. The zero-order valence-electron chi connectivity index (χ0n) is 23.8. The summed E-state index contributed by atoms with van der Waals surface area (Å²) >= 11 is 6.18. The van der Waals surface area contributed by atoms with Gasteiger partial charge in [0.2, 0.25) is 5.72 Å². The van der Waals surface area contributed by atoms with Crippen LogP contribution in [0.25, 0.3) is 0 Å². The standard InChI is InChI=1S/C30H44ClN3O5/c1-33(2)27(22-14-16-24(31)17-15-22)21-10-12-23(13-11-21)28-30(39-29(36)38-4,19-18-26(35)37-3)32-20-34(28)25-8-6-5-7-9-25/h14-17,20-21,23,25,27-28H,5-13,18-19H2,1-4H3. The Bertz CT molecular complexity index is 989. The molecule has 3 aliphatic rings. The Morgan fingerprint density at radius 3 is 2.28 bits per heavy atom. The van der Waals surface area contributed by atoms with Gasteiger partial charge in [-0.15, -0.1) is 0 Å². The van der Waals surface area contributed by atoms with Crippen LogP contribution in [0, 0.1) is 11.8 Å². The molecule has 0 amide bonds. The Morgan fingerprint density at radius 1 is 1.03 bits per heavy atom. The van der Waals surface area contributed by atoms with Gasteiger partial charge < -0.3 is 24.0 Å². The molecule has 3 unspecified atom stereocenters. The normalized spacial score (nSPS) is 28.4. The molecule has 0 N–H and O–H groups in total. The van der Waals surface area contributed by atoms with Crippen LogP contribution in [0.2, 0.25) is 5.02 Å². The number of carbonyl (C=O) groups excluding carboxylic acids is 2. The average Bonchev–Trinajstić information content (AvgIpc) is 3.32. The van der Waals surface area contributed by atoms with E-state index in [0.29, 0.717) is 18.0 Å². The van der Waals surface area contributed by atoms with Crippen LogP contribution in [0.1, 0.15) is 82.2 Å². The second-order valence-corrected chi connectivity index (χ2v) is 12.0. The maximum absolute atomic E-state index is 12.5. The van der Waals surface area contributed by atoms with E-state index in [4.69, 9.17) is 30.8 Å². The monoisotopic (exact) mass is 561 g/mol. The van der Waals surface area contributed by atoms with E-state index >= 15 is 0 Å². The molecular weight excluding hydrogens is 518 g/mol. The van der Waals surface area contributed by atoms with Crippen molar-refractivity contribution in [2.45, 2.75) is 94.5 Å². The number of halogens is 1. The van der Waals surface area contributed by atoms with Gasteiger partial charge in [-0.3, -0.25) is 4.79 Å². The van der Waals surface area contributed by atoms with E-state index in [0.717, 1.165) is 43.5 Å². The van der Waals surface area contributed by atoms with Crippen LogP contribution in [0.4, 0.5) is 4.79 Å². The lowest BCUT2D eigenvalue weighted by Crippen LogP contribution is -2.56. The molecule has 2 fully saturated rings. The van der Waals surface area contributed by atoms with Crippen LogP contribution in [0.15, 0.2) is 29.3 Å². The van der Waals surface area contributed by atoms with E-state index < -0.39 is 11.9 Å². The number of carbonyl (C=O) groups is 2. The summed E-state index contributed by atoms with van der Waals surface area (Å²) in [5.74, 6) is 0.420. The topological polar surface area (TPSA) is 80.7 Å². The van der Waals surface area contributed by atoms with E-state index in [1.165, 1.54) is 39.0 Å². The summed E-state index contributed by atoms with van der Waals surface area (Å²) in [5.41, 5.74) is 0.107. The van der Waals surface area contributed by atoms with Gasteiger partial charge in [0.1, 0.15) is 0 Å². The van der Waals surface area contributed by atoms with Gasteiger partial charge in [0, 0.05) is 23.5 Å². The van der Waals surface area contributed by atoms with E-state index in [9.17, 15) is 9.59 Å². The van der Waals surface area contributed by atoms with Crippen molar-refractivity contribution in [2.24, 2.45) is 16.8 Å². The number of hydrogen-bond donors (Lipinski definition) is 0. The molecule has 0 aromatic heterocycles. The van der Waals surface area contributed by atoms with E-state index in [2.05, 4.69) is 36.0 Å². The zero-order chi connectivity index (χ0) is 28.0. The number of nitrogens with zero attached hydrogens (tertiary/aromatic N) is 3. The third kappa shape index (κ3) is 6.88. The molecule has 0 radical (unpaired) electrons. The van der Waals surface area contributed by atoms with Crippen LogP contribution in [0.3, 0.4) is 0 Å². The van der Waals surface area contributed by atoms with E-state index in [1.54, 1.807) is 0 Å². The lowest BCUT2D eigenvalue weighted by atomic mass is 9.71. The molecule has 9 heteroatoms. The van der Waals surface area contributed by atoms with Crippen molar-refractivity contribution >= 4 is 30.1 Å². The quantitative estimate of drug-likeness (QED) is 0.331. The van der Waals surface area contributed by atoms with Gasteiger partial charge in [0.15, 0.2) is 0 Å². The van der Waals surface area contributed by atoms with Crippen LogP contribution in [-0.4, -0.2) is 74.4 Å². The molecule has 1 aromatic carbocycles. The number of ether oxygens (including phenoxy) is 3. The SMILES string of the molecule is COC(=O)CCC1(OC(=O)OC)N=CN(C2CCCCC2)C1C1CCC(C(c2ccc(Cl)cc2)N(C)C)CC1. The highest BCUT2D eigenvalue weighted by molar-refractivity contribution is 6.30. The van der Waals surface area contributed by atoms with Gasteiger partial charge >= 0.3 is 12.1 Å². The van der Waals surface area contributed by atoms with Crippen molar-refractivity contribution in [1.29, 1.82) is 0 Å². The van der Waals surface area contributed by atoms with Crippen molar-refractivity contribution in [2.75, 3.05) is 28.3 Å². The second kappa shape index (κ2) is 13.4. The Labute approximate surface area is 238 Å². The van der Waals surface area contributed by atoms with Gasteiger partial charge in [0.25, 0.3) is 0 Å². The third-order valence-corrected chi connectivity index (χ3v) is 9.26. The van der Waals surface area contributed by atoms with Gasteiger partial charge in [-0.05, 0) is 82.2 Å². The van der Waals surface area contributed by atoms with Gasteiger partial charge in [-0.1, -0.05) is 43.0 Å². The molecule has 0 saturated heterocycles. The van der Waals surface area contributed by atoms with Crippen molar-refractivity contribution in [3.8, 4) is 0 Å². The van der Waals surface area contributed by atoms with Crippen molar-refractivity contribution < 1.29 is 23.8 Å². The number of aliphatic imine (C=N–C) groups is 1. The van der Waals surface area contributed by atoms with E-state index in [1.807, 2.05) is 18.5 Å². The van der Waals surface area contributed by atoms with Crippen LogP contribution in [-0.2, 0) is 19.0 Å². The summed E-state index contributed by atoms with van der Waals surface area (Å²) in [6.45, 7) is 0. The zero-order valence-corrected chi connectivity index (χ0v) is 24.6. The highest BCUT2D eigenvalue weighted by atomic mass is 35.5. The Morgan fingerprint density at radius 2 is 1.69 bits per heavy atom. The predicted octanol–water partition coefficient (Wildman–Crippen LogP) is 6.23. The summed E-state index contributed by atoms with van der Waals surface area (Å²) in [5, 5.41) is 0.748. The smallest absolute Gasteiger partial charge is 0.469 e. The third-order valence-electron chi connectivity index (χ3n) is 9.01. The molecule has 0 bridgehead atoms. The minimum atomic E-state index is -1.17. The molecule has 0 spiro atoms. The predicted molar refractivity (Wildman–Crippen MR) is 152 cm³/mol. The Hall–Kier alpha value is -2.32. The van der Waals surface area contributed by atoms with Crippen molar-refractivity contribution in [3.63, 3.8) is 0 Å². The number of hydrogen-bond acceptors (Lipinski definition) is 8. The molecule has 39 heavy (non-hydrogen) atoms. The molecule has 1 heterocycles. The van der Waals surface area contributed by atoms with Gasteiger partial charge in [-0.25, -0.2) is 9.79 Å². The Kier molecular flexibility index (Phi) is 10.2. The number of methoxy groups -OCH3 is 2. The molecule has 3 atom stereocenters. The van der Waals surface area contributed by atoms with Crippen molar-refractivity contribution in [3.05, 3.63) is 34.9 Å². The molecule has 1 aliphatic heterocycles. The number of rotatable bonds is 9. The summed E-state index contributed by atoms with van der Waals surface area (Å²) in [6.07, 6.45) is 11.4. The summed E-state index contributed by atoms with van der Waals surface area (Å²) < 4.78 is 15.9. The summed E-state index contributed by atoms with van der Waals surface area (Å²) in [7, 11) is 6.97. The van der Waals surface area contributed by atoms with Gasteiger partial charge in [-0.2, -0.15) is 0 Å². The van der Waals surface area contributed by atoms with Crippen LogP contribution < -0.4 is 0 Å². The first kappa shape index (κ1) is 29.7. The molecular formula is C30H44ClN3O5. The lowest BCUT2D eigenvalue weighted by Gasteiger charge is -2.47. The molecule has 2 saturated carbocycles. The maximum atomic E-state index is 12.5. The lowest BCUT2D eigenvalue weighted by molar-refractivity contribution is -0.143. The first-order valence-corrected chi connectivity index (χ1v) is 14.7. The molecule has 216 valence electrons. The first-order chi connectivity index (χ1) is 18.8. The first-order valence-electron chi connectivity index (χ1n) is 14.4. The molecule has 1 aromatic rings. The van der Waals surface area contributed by atoms with E-state index in [-0.39, 0.29) is 30.8 Å². The molecule has 4 rings (SSSR count). The van der Waals surface area contributed by atoms with Crippen LogP contribution >= 0.6 is 11.6 Å². The number of esters is 1. The maximum Gasteiger partial charge on any atom is 0.510 e. The fourth-order valence-corrected chi connectivity index (χ4v) is 7.33. The minimum Gasteiger partial charge on any atom is -0.469 e. The summed E-state index contributed by atoms with van der Waals surface area (Å²) in [6, 6.07) is 8.72. The fraction of sp³-hybridized carbons (Fsp3) is 0.700. The van der Waals surface area contributed by atoms with Crippen LogP contribution in [0.5, 0.6) is 0 Å². The second-order valence-electron chi connectivity index (χ2n) is 11.5. The molecule has 8 nitrogen and oxygen atoms in total. The fourth-order valence-electron chi connectivity index (χ4n) is 7.21. The van der Waals surface area contributed by atoms with Crippen molar-refractivity contribution in [1.82, 2.24) is 9.80 Å².